The van der Waals surface area contributed by atoms with Crippen LogP contribution in [0.15, 0.2) is 48.7 Å². The molecular formula is C17H16F2N2. The van der Waals surface area contributed by atoms with Crippen LogP contribution in [0.2, 0.25) is 0 Å². The molecule has 0 aliphatic rings. The van der Waals surface area contributed by atoms with Gasteiger partial charge in [-0.3, -0.25) is 0 Å². The van der Waals surface area contributed by atoms with E-state index in [2.05, 4.69) is 0 Å². The van der Waals surface area contributed by atoms with Crippen molar-refractivity contribution < 1.29 is 8.78 Å². The summed E-state index contributed by atoms with van der Waals surface area (Å²) in [6.45, 7) is 0.752. The molecule has 108 valence electrons. The lowest BCUT2D eigenvalue weighted by Gasteiger charge is -2.09. The molecule has 0 aliphatic carbocycles. The lowest BCUT2D eigenvalue weighted by atomic mass is 10.1. The quantitative estimate of drug-likeness (QED) is 0.782. The number of halogens is 2. The van der Waals surface area contributed by atoms with Crippen LogP contribution in [0.5, 0.6) is 0 Å². The highest BCUT2D eigenvalue weighted by atomic mass is 19.1. The van der Waals surface area contributed by atoms with Crippen molar-refractivity contribution in [2.75, 3.05) is 6.54 Å². The zero-order valence-corrected chi connectivity index (χ0v) is 11.5. The van der Waals surface area contributed by atoms with Gasteiger partial charge in [0.15, 0.2) is 0 Å². The largest absolute Gasteiger partial charge is 0.343 e. The normalized spacial score (nSPS) is 11.2. The van der Waals surface area contributed by atoms with Crippen LogP contribution in [0.1, 0.15) is 11.1 Å². The molecule has 2 nitrogen and oxygen atoms in total. The number of hydrogen-bond donors (Lipinski definition) is 1. The Labute approximate surface area is 121 Å². The molecule has 1 aromatic heterocycles. The summed E-state index contributed by atoms with van der Waals surface area (Å²) in [6, 6.07) is 12.0. The van der Waals surface area contributed by atoms with Crippen LogP contribution in [-0.2, 0) is 13.0 Å². The van der Waals surface area contributed by atoms with E-state index in [1.54, 1.807) is 0 Å². The van der Waals surface area contributed by atoms with Gasteiger partial charge >= 0.3 is 0 Å². The highest BCUT2D eigenvalue weighted by Gasteiger charge is 2.10. The standard InChI is InChI=1S/C17H16F2N2/c18-15-2-1-3-16(19)14(15)11-21-9-7-13-5-4-12(6-8-20)10-17(13)21/h1-5,7,9-10H,6,8,11,20H2. The van der Waals surface area contributed by atoms with E-state index in [1.807, 2.05) is 35.0 Å². The van der Waals surface area contributed by atoms with E-state index in [0.717, 1.165) is 22.9 Å². The van der Waals surface area contributed by atoms with Crippen LogP contribution in [0, 0.1) is 11.6 Å². The molecule has 0 atom stereocenters. The number of aromatic nitrogens is 1. The van der Waals surface area contributed by atoms with Crippen LogP contribution in [0.4, 0.5) is 8.78 Å². The summed E-state index contributed by atoms with van der Waals surface area (Å²) in [5, 5.41) is 1.05. The molecule has 3 aromatic rings. The zero-order valence-electron chi connectivity index (χ0n) is 11.5. The maximum Gasteiger partial charge on any atom is 0.131 e. The van der Waals surface area contributed by atoms with Crippen molar-refractivity contribution in [2.24, 2.45) is 5.73 Å². The van der Waals surface area contributed by atoms with Gasteiger partial charge in [-0.25, -0.2) is 8.78 Å². The van der Waals surface area contributed by atoms with Crippen LogP contribution in [0.3, 0.4) is 0 Å². The number of fused-ring (bicyclic) bond motifs is 1. The molecule has 0 saturated heterocycles. The van der Waals surface area contributed by atoms with Gasteiger partial charge in [0.2, 0.25) is 0 Å². The maximum atomic E-state index is 13.8. The van der Waals surface area contributed by atoms with Gasteiger partial charge in [0.25, 0.3) is 0 Å². The minimum absolute atomic E-state index is 0.0826. The predicted octanol–water partition coefficient (Wildman–Crippen LogP) is 3.47. The Morgan fingerprint density at radius 3 is 2.48 bits per heavy atom. The Bertz CT molecular complexity index is 757. The summed E-state index contributed by atoms with van der Waals surface area (Å²) < 4.78 is 29.4. The van der Waals surface area contributed by atoms with Crippen molar-refractivity contribution in [3.05, 3.63) is 71.4 Å². The number of rotatable bonds is 4. The average molecular weight is 286 g/mol. The first-order valence-electron chi connectivity index (χ1n) is 6.90. The summed E-state index contributed by atoms with van der Waals surface area (Å²) >= 11 is 0. The molecule has 4 heteroatoms. The Morgan fingerprint density at radius 2 is 1.76 bits per heavy atom. The molecule has 0 bridgehead atoms. The Kier molecular flexibility index (Phi) is 3.71. The second kappa shape index (κ2) is 5.66. The molecule has 0 spiro atoms. The Morgan fingerprint density at radius 1 is 1.00 bits per heavy atom. The molecule has 3 rings (SSSR count). The van der Waals surface area contributed by atoms with E-state index in [0.29, 0.717) is 6.54 Å². The number of benzene rings is 2. The summed E-state index contributed by atoms with van der Waals surface area (Å²) in [4.78, 5) is 0. The molecule has 0 saturated carbocycles. The molecule has 0 unspecified atom stereocenters. The van der Waals surface area contributed by atoms with Gasteiger partial charge in [-0.2, -0.15) is 0 Å². The summed E-state index contributed by atoms with van der Waals surface area (Å²) in [5.41, 5.74) is 7.74. The van der Waals surface area contributed by atoms with Gasteiger partial charge in [0.05, 0.1) is 6.54 Å². The van der Waals surface area contributed by atoms with Gasteiger partial charge in [0.1, 0.15) is 11.6 Å². The van der Waals surface area contributed by atoms with Gasteiger partial charge in [-0.1, -0.05) is 18.2 Å². The Balaban J connectivity index is 2.02. The SMILES string of the molecule is NCCc1ccc2ccn(Cc3c(F)cccc3F)c2c1. The minimum atomic E-state index is -0.519. The average Bonchev–Trinajstić information content (AvgIpc) is 2.86. The lowest BCUT2D eigenvalue weighted by Crippen LogP contribution is -2.05. The highest BCUT2D eigenvalue weighted by molar-refractivity contribution is 5.81. The number of hydrogen-bond acceptors (Lipinski definition) is 1. The van der Waals surface area contributed by atoms with E-state index in [1.165, 1.54) is 18.2 Å². The fraction of sp³-hybridized carbons (Fsp3) is 0.176. The first-order valence-corrected chi connectivity index (χ1v) is 6.90. The first kappa shape index (κ1) is 13.8. The molecule has 1 heterocycles. The van der Waals surface area contributed by atoms with Crippen LogP contribution >= 0.6 is 0 Å². The van der Waals surface area contributed by atoms with Gasteiger partial charge in [-0.15, -0.1) is 0 Å². The van der Waals surface area contributed by atoms with Crippen LogP contribution in [-0.4, -0.2) is 11.1 Å². The second-order valence-electron chi connectivity index (χ2n) is 5.08. The molecule has 2 aromatic carbocycles. The molecule has 0 radical (unpaired) electrons. The fourth-order valence-corrected chi connectivity index (χ4v) is 2.54. The van der Waals surface area contributed by atoms with E-state index in [9.17, 15) is 8.78 Å². The molecule has 21 heavy (non-hydrogen) atoms. The minimum Gasteiger partial charge on any atom is -0.343 e. The van der Waals surface area contributed by atoms with Crippen molar-refractivity contribution in [1.82, 2.24) is 4.57 Å². The number of nitrogens with zero attached hydrogens (tertiary/aromatic N) is 1. The van der Waals surface area contributed by atoms with Gasteiger partial charge in [-0.05, 0) is 48.2 Å². The smallest absolute Gasteiger partial charge is 0.131 e. The fourth-order valence-electron chi connectivity index (χ4n) is 2.54. The molecule has 0 aliphatic heterocycles. The molecular weight excluding hydrogens is 270 g/mol. The highest BCUT2D eigenvalue weighted by Crippen LogP contribution is 2.21. The third-order valence-corrected chi connectivity index (χ3v) is 3.66. The molecule has 0 amide bonds. The van der Waals surface area contributed by atoms with E-state index < -0.39 is 11.6 Å². The summed E-state index contributed by atoms with van der Waals surface area (Å²) in [6.07, 6.45) is 2.64. The van der Waals surface area contributed by atoms with Gasteiger partial charge in [0, 0.05) is 17.3 Å². The van der Waals surface area contributed by atoms with Crippen molar-refractivity contribution in [3.63, 3.8) is 0 Å². The van der Waals surface area contributed by atoms with Gasteiger partial charge < -0.3 is 10.3 Å². The van der Waals surface area contributed by atoms with E-state index in [4.69, 9.17) is 5.73 Å². The second-order valence-corrected chi connectivity index (χ2v) is 5.08. The summed E-state index contributed by atoms with van der Waals surface area (Å²) in [7, 11) is 0. The van der Waals surface area contributed by atoms with Crippen molar-refractivity contribution in [2.45, 2.75) is 13.0 Å². The first-order chi connectivity index (χ1) is 10.2. The third kappa shape index (κ3) is 2.67. The van der Waals surface area contributed by atoms with Crippen LogP contribution < -0.4 is 5.73 Å². The molecule has 0 fully saturated rings. The van der Waals surface area contributed by atoms with Crippen molar-refractivity contribution in [1.29, 1.82) is 0 Å². The van der Waals surface area contributed by atoms with E-state index in [-0.39, 0.29) is 12.1 Å². The van der Waals surface area contributed by atoms with Crippen molar-refractivity contribution >= 4 is 10.9 Å². The van der Waals surface area contributed by atoms with Crippen molar-refractivity contribution in [3.8, 4) is 0 Å². The van der Waals surface area contributed by atoms with E-state index >= 15 is 0 Å². The Hall–Kier alpha value is -2.20. The topological polar surface area (TPSA) is 30.9 Å². The lowest BCUT2D eigenvalue weighted by molar-refractivity contribution is 0.547. The predicted molar refractivity (Wildman–Crippen MR) is 80.2 cm³/mol. The zero-order chi connectivity index (χ0) is 14.8. The third-order valence-electron chi connectivity index (χ3n) is 3.66. The number of nitrogens with two attached hydrogens (primary N) is 1. The monoisotopic (exact) mass is 286 g/mol. The molecule has 2 N–H and O–H groups in total. The summed E-state index contributed by atoms with van der Waals surface area (Å²) in [5.74, 6) is -1.04. The van der Waals surface area contributed by atoms with Crippen LogP contribution in [0.25, 0.3) is 10.9 Å². The maximum absolute atomic E-state index is 13.8.